The maximum absolute atomic E-state index is 9.00. The van der Waals surface area contributed by atoms with E-state index >= 15 is 0 Å². The standard InChI is InChI=1S/C11H13N3O2S/c1-12-11-14-13-10(17-11)7-16-9-4-2-3-8(5-9)6-15/h2-5,15H,6-7H2,1H3,(H,12,14). The predicted octanol–water partition coefficient (Wildman–Crippen LogP) is 1.65. The Labute approximate surface area is 103 Å². The second-order valence-electron chi connectivity index (χ2n) is 3.35. The number of nitrogens with zero attached hydrogens (tertiary/aromatic N) is 2. The fourth-order valence-corrected chi connectivity index (χ4v) is 1.90. The van der Waals surface area contributed by atoms with Crippen LogP contribution in [0.3, 0.4) is 0 Å². The Kier molecular flexibility index (Phi) is 3.89. The van der Waals surface area contributed by atoms with Crippen LogP contribution in [0.25, 0.3) is 0 Å². The van der Waals surface area contributed by atoms with Crippen molar-refractivity contribution in [1.29, 1.82) is 0 Å². The van der Waals surface area contributed by atoms with Gasteiger partial charge in [0.2, 0.25) is 5.13 Å². The van der Waals surface area contributed by atoms with Gasteiger partial charge in [0.1, 0.15) is 12.4 Å². The fraction of sp³-hybridized carbons (Fsp3) is 0.273. The van der Waals surface area contributed by atoms with Crippen molar-refractivity contribution in [3.63, 3.8) is 0 Å². The van der Waals surface area contributed by atoms with E-state index in [-0.39, 0.29) is 6.61 Å². The molecule has 1 aromatic carbocycles. The molecule has 0 saturated heterocycles. The van der Waals surface area contributed by atoms with Gasteiger partial charge in [0.25, 0.3) is 0 Å². The summed E-state index contributed by atoms with van der Waals surface area (Å²) < 4.78 is 5.56. The molecule has 1 aromatic heterocycles. The van der Waals surface area contributed by atoms with Gasteiger partial charge in [0.15, 0.2) is 5.01 Å². The van der Waals surface area contributed by atoms with Gasteiger partial charge in [-0.15, -0.1) is 10.2 Å². The topological polar surface area (TPSA) is 67.3 Å². The normalized spacial score (nSPS) is 10.2. The molecule has 2 aromatic rings. The van der Waals surface area contributed by atoms with Gasteiger partial charge in [0, 0.05) is 7.05 Å². The van der Waals surface area contributed by atoms with Gasteiger partial charge in [-0.1, -0.05) is 23.5 Å². The average molecular weight is 251 g/mol. The van der Waals surface area contributed by atoms with Gasteiger partial charge < -0.3 is 15.2 Å². The largest absolute Gasteiger partial charge is 0.486 e. The number of benzene rings is 1. The highest BCUT2D eigenvalue weighted by Crippen LogP contribution is 2.18. The van der Waals surface area contributed by atoms with Crippen molar-refractivity contribution in [3.8, 4) is 5.75 Å². The maximum Gasteiger partial charge on any atom is 0.205 e. The first-order chi connectivity index (χ1) is 8.31. The van der Waals surface area contributed by atoms with Crippen molar-refractivity contribution in [1.82, 2.24) is 10.2 Å². The predicted molar refractivity (Wildman–Crippen MR) is 66.2 cm³/mol. The highest BCUT2D eigenvalue weighted by Gasteiger charge is 2.03. The summed E-state index contributed by atoms with van der Waals surface area (Å²) in [5, 5.41) is 21.4. The molecule has 0 atom stereocenters. The number of hydrogen-bond donors (Lipinski definition) is 2. The molecule has 0 aliphatic heterocycles. The molecular formula is C11H13N3O2S. The molecule has 5 nitrogen and oxygen atoms in total. The third-order valence-electron chi connectivity index (χ3n) is 2.12. The Hall–Kier alpha value is -1.66. The lowest BCUT2D eigenvalue weighted by Crippen LogP contribution is -1.95. The SMILES string of the molecule is CNc1nnc(COc2cccc(CO)c2)s1. The first-order valence-corrected chi connectivity index (χ1v) is 5.96. The first-order valence-electron chi connectivity index (χ1n) is 5.14. The molecule has 0 saturated carbocycles. The van der Waals surface area contributed by atoms with E-state index in [1.165, 1.54) is 11.3 Å². The summed E-state index contributed by atoms with van der Waals surface area (Å²) in [6.07, 6.45) is 0. The number of aromatic nitrogens is 2. The van der Waals surface area contributed by atoms with Crippen molar-refractivity contribution >= 4 is 16.5 Å². The Morgan fingerprint density at radius 1 is 1.41 bits per heavy atom. The van der Waals surface area contributed by atoms with Crippen molar-refractivity contribution < 1.29 is 9.84 Å². The summed E-state index contributed by atoms with van der Waals surface area (Å²) in [5.74, 6) is 0.720. The van der Waals surface area contributed by atoms with E-state index in [2.05, 4.69) is 15.5 Å². The zero-order chi connectivity index (χ0) is 12.1. The van der Waals surface area contributed by atoms with Crippen LogP contribution in [0, 0.1) is 0 Å². The Bertz CT molecular complexity index is 487. The van der Waals surface area contributed by atoms with Crippen LogP contribution in [0.4, 0.5) is 5.13 Å². The smallest absolute Gasteiger partial charge is 0.205 e. The number of aliphatic hydroxyl groups is 1. The van der Waals surface area contributed by atoms with E-state index in [1.807, 2.05) is 18.2 Å². The highest BCUT2D eigenvalue weighted by molar-refractivity contribution is 7.15. The maximum atomic E-state index is 9.00. The Balaban J connectivity index is 1.96. The number of anilines is 1. The van der Waals surface area contributed by atoms with Gasteiger partial charge in [-0.3, -0.25) is 0 Å². The van der Waals surface area contributed by atoms with E-state index in [0.717, 1.165) is 21.5 Å². The van der Waals surface area contributed by atoms with Crippen molar-refractivity contribution in [2.75, 3.05) is 12.4 Å². The lowest BCUT2D eigenvalue weighted by Gasteiger charge is -2.04. The molecular weight excluding hydrogens is 238 g/mol. The van der Waals surface area contributed by atoms with Gasteiger partial charge in [0.05, 0.1) is 6.61 Å². The summed E-state index contributed by atoms with van der Waals surface area (Å²) in [7, 11) is 1.80. The molecule has 0 amide bonds. The molecule has 0 aliphatic carbocycles. The molecule has 0 radical (unpaired) electrons. The van der Waals surface area contributed by atoms with Crippen molar-refractivity contribution in [3.05, 3.63) is 34.8 Å². The van der Waals surface area contributed by atoms with Crippen molar-refractivity contribution in [2.24, 2.45) is 0 Å². The van der Waals surface area contributed by atoms with E-state index in [1.54, 1.807) is 13.1 Å². The van der Waals surface area contributed by atoms with E-state index < -0.39 is 0 Å². The lowest BCUT2D eigenvalue weighted by molar-refractivity contribution is 0.278. The van der Waals surface area contributed by atoms with Crippen LogP contribution in [0.1, 0.15) is 10.6 Å². The van der Waals surface area contributed by atoms with Crippen molar-refractivity contribution in [2.45, 2.75) is 13.2 Å². The Morgan fingerprint density at radius 2 is 2.29 bits per heavy atom. The zero-order valence-electron chi connectivity index (χ0n) is 9.38. The minimum atomic E-state index is 0.0138. The third-order valence-corrected chi connectivity index (χ3v) is 3.04. The van der Waals surface area contributed by atoms with E-state index in [4.69, 9.17) is 9.84 Å². The average Bonchev–Trinajstić information content (AvgIpc) is 2.84. The lowest BCUT2D eigenvalue weighted by atomic mass is 10.2. The minimum absolute atomic E-state index is 0.0138. The van der Waals surface area contributed by atoms with Gasteiger partial charge >= 0.3 is 0 Å². The van der Waals surface area contributed by atoms with Crippen LogP contribution in [0.5, 0.6) is 5.75 Å². The molecule has 17 heavy (non-hydrogen) atoms. The van der Waals surface area contributed by atoms with Gasteiger partial charge in [-0.2, -0.15) is 0 Å². The molecule has 0 unspecified atom stereocenters. The van der Waals surface area contributed by atoms with Crippen LogP contribution in [0.15, 0.2) is 24.3 Å². The van der Waals surface area contributed by atoms with Crippen LogP contribution in [0.2, 0.25) is 0 Å². The Morgan fingerprint density at radius 3 is 3.00 bits per heavy atom. The van der Waals surface area contributed by atoms with Gasteiger partial charge in [-0.25, -0.2) is 0 Å². The number of aliphatic hydroxyl groups excluding tert-OH is 1. The first kappa shape index (κ1) is 11.8. The monoisotopic (exact) mass is 251 g/mol. The summed E-state index contributed by atoms with van der Waals surface area (Å²) >= 11 is 1.45. The van der Waals surface area contributed by atoms with Crippen LogP contribution in [-0.2, 0) is 13.2 Å². The highest BCUT2D eigenvalue weighted by atomic mass is 32.1. The number of nitrogens with one attached hydrogen (secondary N) is 1. The fourth-order valence-electron chi connectivity index (χ4n) is 1.29. The zero-order valence-corrected chi connectivity index (χ0v) is 10.2. The van der Waals surface area contributed by atoms with Gasteiger partial charge in [-0.05, 0) is 17.7 Å². The molecule has 0 bridgehead atoms. The summed E-state index contributed by atoms with van der Waals surface area (Å²) in [6.45, 7) is 0.397. The molecule has 1 heterocycles. The molecule has 0 aliphatic rings. The second-order valence-corrected chi connectivity index (χ2v) is 4.41. The summed E-state index contributed by atoms with van der Waals surface area (Å²) in [6, 6.07) is 7.34. The molecule has 6 heteroatoms. The number of ether oxygens (including phenoxy) is 1. The summed E-state index contributed by atoms with van der Waals surface area (Å²) in [5.41, 5.74) is 0.829. The molecule has 0 spiro atoms. The van der Waals surface area contributed by atoms with Crippen LogP contribution >= 0.6 is 11.3 Å². The molecule has 2 rings (SSSR count). The minimum Gasteiger partial charge on any atom is -0.486 e. The van der Waals surface area contributed by atoms with E-state index in [9.17, 15) is 0 Å². The number of hydrogen-bond acceptors (Lipinski definition) is 6. The third kappa shape index (κ3) is 3.15. The van der Waals surface area contributed by atoms with E-state index in [0.29, 0.717) is 6.61 Å². The molecule has 2 N–H and O–H groups in total. The van der Waals surface area contributed by atoms with Crippen LogP contribution in [-0.4, -0.2) is 22.4 Å². The molecule has 0 fully saturated rings. The second kappa shape index (κ2) is 5.60. The molecule has 90 valence electrons. The quantitative estimate of drug-likeness (QED) is 0.845. The number of rotatable bonds is 5. The van der Waals surface area contributed by atoms with Crippen LogP contribution < -0.4 is 10.1 Å². The summed E-state index contributed by atoms with van der Waals surface area (Å²) in [4.78, 5) is 0.